The SMILES string of the molecule is Cc1ccccc1CN(C)Cc1csc(C(=O)NN)n1. The summed E-state index contributed by atoms with van der Waals surface area (Å²) in [5.74, 6) is 4.75. The minimum absolute atomic E-state index is 0.345. The topological polar surface area (TPSA) is 71.2 Å². The van der Waals surface area contributed by atoms with E-state index < -0.39 is 0 Å². The van der Waals surface area contributed by atoms with Crippen LogP contribution in [0.1, 0.15) is 26.6 Å². The van der Waals surface area contributed by atoms with Crippen molar-refractivity contribution in [2.45, 2.75) is 20.0 Å². The molecule has 2 aromatic rings. The lowest BCUT2D eigenvalue weighted by Crippen LogP contribution is -2.30. The average Bonchev–Trinajstić information content (AvgIpc) is 2.89. The first-order valence-electron chi connectivity index (χ1n) is 6.28. The zero-order chi connectivity index (χ0) is 14.5. The second-order valence-electron chi connectivity index (χ2n) is 4.72. The average molecular weight is 290 g/mol. The smallest absolute Gasteiger partial charge is 0.294 e. The van der Waals surface area contributed by atoms with E-state index >= 15 is 0 Å². The third-order valence-electron chi connectivity index (χ3n) is 3.01. The Labute approximate surface area is 122 Å². The van der Waals surface area contributed by atoms with Crippen LogP contribution >= 0.6 is 11.3 Å². The first kappa shape index (κ1) is 14.6. The zero-order valence-electron chi connectivity index (χ0n) is 11.6. The van der Waals surface area contributed by atoms with E-state index in [-0.39, 0.29) is 5.91 Å². The van der Waals surface area contributed by atoms with Crippen molar-refractivity contribution < 1.29 is 4.79 Å². The number of nitrogens with one attached hydrogen (secondary N) is 1. The highest BCUT2D eigenvalue weighted by Crippen LogP contribution is 2.14. The third-order valence-corrected chi connectivity index (χ3v) is 3.90. The standard InChI is InChI=1S/C14H18N4OS/c1-10-5-3-4-6-11(10)7-18(2)8-12-9-20-14(16-12)13(19)17-15/h3-6,9H,7-8,15H2,1-2H3,(H,17,19). The van der Waals surface area contributed by atoms with Gasteiger partial charge in [-0.1, -0.05) is 24.3 Å². The number of hydrogen-bond acceptors (Lipinski definition) is 5. The zero-order valence-corrected chi connectivity index (χ0v) is 12.4. The van der Waals surface area contributed by atoms with Crippen LogP contribution in [0.2, 0.25) is 0 Å². The number of carbonyl (C=O) groups excluding carboxylic acids is 1. The largest absolute Gasteiger partial charge is 0.296 e. The predicted octanol–water partition coefficient (Wildman–Crippen LogP) is 1.69. The Hall–Kier alpha value is -1.76. The molecule has 0 atom stereocenters. The molecule has 106 valence electrons. The fraction of sp³-hybridized carbons (Fsp3) is 0.286. The number of hydrazine groups is 1. The number of aryl methyl sites for hydroxylation is 1. The predicted molar refractivity (Wildman–Crippen MR) is 80.1 cm³/mol. The third kappa shape index (κ3) is 3.63. The van der Waals surface area contributed by atoms with E-state index in [1.807, 2.05) is 24.6 Å². The van der Waals surface area contributed by atoms with E-state index in [2.05, 4.69) is 34.4 Å². The Bertz CT molecular complexity index is 596. The lowest BCUT2D eigenvalue weighted by molar-refractivity contribution is 0.0953. The summed E-state index contributed by atoms with van der Waals surface area (Å²) < 4.78 is 0. The molecule has 0 radical (unpaired) electrons. The molecule has 0 aliphatic carbocycles. The fourth-order valence-electron chi connectivity index (χ4n) is 1.96. The molecule has 1 aromatic carbocycles. The number of nitrogens with zero attached hydrogens (tertiary/aromatic N) is 2. The van der Waals surface area contributed by atoms with Gasteiger partial charge in [0.25, 0.3) is 5.91 Å². The second-order valence-corrected chi connectivity index (χ2v) is 5.57. The second kappa shape index (κ2) is 6.60. The Morgan fingerprint density at radius 1 is 1.40 bits per heavy atom. The summed E-state index contributed by atoms with van der Waals surface area (Å²) in [7, 11) is 2.04. The van der Waals surface area contributed by atoms with Crippen LogP contribution in [-0.4, -0.2) is 22.8 Å². The Morgan fingerprint density at radius 2 is 2.15 bits per heavy atom. The van der Waals surface area contributed by atoms with Crippen molar-refractivity contribution in [1.82, 2.24) is 15.3 Å². The highest BCUT2D eigenvalue weighted by molar-refractivity contribution is 7.11. The first-order valence-corrected chi connectivity index (χ1v) is 7.16. The van der Waals surface area contributed by atoms with Crippen molar-refractivity contribution in [2.75, 3.05) is 7.05 Å². The summed E-state index contributed by atoms with van der Waals surface area (Å²) in [5.41, 5.74) is 5.54. The van der Waals surface area contributed by atoms with Crippen LogP contribution in [-0.2, 0) is 13.1 Å². The molecule has 0 aliphatic heterocycles. The summed E-state index contributed by atoms with van der Waals surface area (Å²) in [6, 6.07) is 8.32. The van der Waals surface area contributed by atoms with Gasteiger partial charge in [0.15, 0.2) is 5.01 Å². The van der Waals surface area contributed by atoms with Gasteiger partial charge < -0.3 is 0 Å². The molecule has 1 aromatic heterocycles. The van der Waals surface area contributed by atoms with E-state index in [4.69, 9.17) is 5.84 Å². The normalized spacial score (nSPS) is 10.8. The van der Waals surface area contributed by atoms with Gasteiger partial charge in [0.1, 0.15) is 0 Å². The van der Waals surface area contributed by atoms with Gasteiger partial charge in [-0.25, -0.2) is 10.8 Å². The molecular weight excluding hydrogens is 272 g/mol. The summed E-state index contributed by atoms with van der Waals surface area (Å²) in [6.45, 7) is 3.65. The van der Waals surface area contributed by atoms with Crippen molar-refractivity contribution in [1.29, 1.82) is 0 Å². The number of nitrogen functional groups attached to an aromatic ring is 1. The van der Waals surface area contributed by atoms with Gasteiger partial charge in [-0.3, -0.25) is 15.1 Å². The van der Waals surface area contributed by atoms with Crippen LogP contribution in [0, 0.1) is 6.92 Å². The number of rotatable bonds is 5. The van der Waals surface area contributed by atoms with Gasteiger partial charge in [-0.05, 0) is 25.1 Å². The minimum atomic E-state index is -0.345. The lowest BCUT2D eigenvalue weighted by Gasteiger charge is -2.16. The molecule has 0 fully saturated rings. The lowest BCUT2D eigenvalue weighted by atomic mass is 10.1. The van der Waals surface area contributed by atoms with Gasteiger partial charge in [-0.15, -0.1) is 11.3 Å². The Kier molecular flexibility index (Phi) is 4.84. The molecule has 0 spiro atoms. The number of nitrogens with two attached hydrogens (primary N) is 1. The van der Waals surface area contributed by atoms with E-state index in [1.165, 1.54) is 22.5 Å². The van der Waals surface area contributed by atoms with E-state index in [0.717, 1.165) is 12.2 Å². The maximum atomic E-state index is 11.3. The number of carbonyl (C=O) groups is 1. The monoisotopic (exact) mass is 290 g/mol. The molecule has 20 heavy (non-hydrogen) atoms. The Balaban J connectivity index is 1.98. The van der Waals surface area contributed by atoms with Crippen molar-refractivity contribution in [3.05, 3.63) is 51.5 Å². The van der Waals surface area contributed by atoms with Gasteiger partial charge in [0, 0.05) is 18.5 Å². The van der Waals surface area contributed by atoms with E-state index in [1.54, 1.807) is 0 Å². The van der Waals surface area contributed by atoms with Gasteiger partial charge in [0.2, 0.25) is 0 Å². The van der Waals surface area contributed by atoms with Crippen molar-refractivity contribution >= 4 is 17.2 Å². The van der Waals surface area contributed by atoms with E-state index in [9.17, 15) is 4.79 Å². The van der Waals surface area contributed by atoms with Crippen LogP contribution in [0.4, 0.5) is 0 Å². The fourth-order valence-corrected chi connectivity index (χ4v) is 2.67. The van der Waals surface area contributed by atoms with Gasteiger partial charge >= 0.3 is 0 Å². The molecule has 6 heteroatoms. The quantitative estimate of drug-likeness (QED) is 0.499. The molecule has 0 bridgehead atoms. The number of benzene rings is 1. The molecular formula is C14H18N4OS. The van der Waals surface area contributed by atoms with Crippen LogP contribution in [0.5, 0.6) is 0 Å². The highest BCUT2D eigenvalue weighted by Gasteiger charge is 2.11. The minimum Gasteiger partial charge on any atom is -0.296 e. The molecule has 0 unspecified atom stereocenters. The first-order chi connectivity index (χ1) is 9.60. The molecule has 3 N–H and O–H groups in total. The highest BCUT2D eigenvalue weighted by atomic mass is 32.1. The summed E-state index contributed by atoms with van der Waals surface area (Å²) >= 11 is 1.30. The van der Waals surface area contributed by atoms with Crippen molar-refractivity contribution in [3.63, 3.8) is 0 Å². The summed E-state index contributed by atoms with van der Waals surface area (Å²) in [4.78, 5) is 17.8. The maximum Gasteiger partial charge on any atom is 0.294 e. The van der Waals surface area contributed by atoms with E-state index in [0.29, 0.717) is 11.6 Å². The van der Waals surface area contributed by atoms with Crippen molar-refractivity contribution in [3.8, 4) is 0 Å². The van der Waals surface area contributed by atoms with Crippen molar-refractivity contribution in [2.24, 2.45) is 5.84 Å². The molecule has 0 aliphatic rings. The van der Waals surface area contributed by atoms with Crippen LogP contribution < -0.4 is 11.3 Å². The molecule has 1 heterocycles. The molecule has 2 rings (SSSR count). The van der Waals surface area contributed by atoms with Gasteiger partial charge in [-0.2, -0.15) is 0 Å². The maximum absolute atomic E-state index is 11.3. The number of aromatic nitrogens is 1. The Morgan fingerprint density at radius 3 is 2.85 bits per heavy atom. The number of hydrogen-bond donors (Lipinski definition) is 2. The number of thiazole rings is 1. The molecule has 1 amide bonds. The molecule has 0 saturated carbocycles. The van der Waals surface area contributed by atoms with Crippen LogP contribution in [0.3, 0.4) is 0 Å². The van der Waals surface area contributed by atoms with Crippen LogP contribution in [0.15, 0.2) is 29.6 Å². The number of amides is 1. The molecule has 0 saturated heterocycles. The summed E-state index contributed by atoms with van der Waals surface area (Å²) in [6.07, 6.45) is 0. The van der Waals surface area contributed by atoms with Crippen LogP contribution in [0.25, 0.3) is 0 Å². The van der Waals surface area contributed by atoms with Gasteiger partial charge in [0.05, 0.1) is 5.69 Å². The summed E-state index contributed by atoms with van der Waals surface area (Å²) in [5, 5.41) is 2.28. The molecule has 5 nitrogen and oxygen atoms in total.